The Morgan fingerprint density at radius 1 is 1.05 bits per heavy atom. The van der Waals surface area contributed by atoms with Crippen LogP contribution < -0.4 is 10.5 Å². The van der Waals surface area contributed by atoms with Crippen molar-refractivity contribution in [2.24, 2.45) is 5.92 Å². The molecule has 7 nitrogen and oxygen atoms in total. The number of allylic oxidation sites excluding steroid dienone is 1. The van der Waals surface area contributed by atoms with Crippen molar-refractivity contribution < 1.29 is 9.26 Å². The zero-order chi connectivity index (χ0) is 25.6. The third kappa shape index (κ3) is 3.95. The Hall–Kier alpha value is -4.39. The summed E-state index contributed by atoms with van der Waals surface area (Å²) in [5.41, 5.74) is 8.69. The van der Waals surface area contributed by atoms with Crippen molar-refractivity contribution in [2.75, 3.05) is 0 Å². The van der Waals surface area contributed by atoms with E-state index in [9.17, 15) is 4.79 Å². The smallest absolute Gasteiger partial charge is 0.439 e. The van der Waals surface area contributed by atoms with Gasteiger partial charge in [-0.2, -0.15) is 0 Å². The van der Waals surface area contributed by atoms with Crippen LogP contribution in [-0.4, -0.2) is 19.7 Å². The number of para-hydroxylation sites is 3. The van der Waals surface area contributed by atoms with E-state index < -0.39 is 5.76 Å². The van der Waals surface area contributed by atoms with Crippen molar-refractivity contribution in [3.05, 3.63) is 111 Å². The molecular formula is C31H28N4O3. The van der Waals surface area contributed by atoms with Gasteiger partial charge in [-0.15, -0.1) is 0 Å². The summed E-state index contributed by atoms with van der Waals surface area (Å²) in [5.74, 6) is 2.23. The Bertz CT molecular complexity index is 1750. The summed E-state index contributed by atoms with van der Waals surface area (Å²) in [4.78, 5) is 19.6. The van der Waals surface area contributed by atoms with E-state index in [1.54, 1.807) is 0 Å². The summed E-state index contributed by atoms with van der Waals surface area (Å²) in [7, 11) is 0. The van der Waals surface area contributed by atoms with Gasteiger partial charge in [0.1, 0.15) is 18.2 Å². The normalized spacial score (nSPS) is 16.0. The second kappa shape index (κ2) is 9.17. The number of imidazole rings is 1. The lowest BCUT2D eigenvalue weighted by Gasteiger charge is -2.17. The van der Waals surface area contributed by atoms with E-state index in [0.29, 0.717) is 18.3 Å². The molecule has 1 N–H and O–H groups in total. The van der Waals surface area contributed by atoms with Gasteiger partial charge in [0.05, 0.1) is 11.0 Å². The monoisotopic (exact) mass is 504 g/mol. The van der Waals surface area contributed by atoms with Crippen molar-refractivity contribution in [3.8, 4) is 5.75 Å². The van der Waals surface area contributed by atoms with Crippen LogP contribution in [0.5, 0.6) is 5.75 Å². The number of aromatic nitrogens is 4. The highest BCUT2D eigenvalue weighted by atomic mass is 16.5. The van der Waals surface area contributed by atoms with Gasteiger partial charge in [-0.3, -0.25) is 9.51 Å². The number of hydrogen-bond donors (Lipinski definition) is 1. The van der Waals surface area contributed by atoms with Crippen molar-refractivity contribution in [1.29, 1.82) is 0 Å². The first-order valence-electron chi connectivity index (χ1n) is 13.3. The van der Waals surface area contributed by atoms with Crippen LogP contribution in [-0.2, 0) is 19.6 Å². The van der Waals surface area contributed by atoms with Crippen LogP contribution >= 0.6 is 0 Å². The molecule has 0 bridgehead atoms. The summed E-state index contributed by atoms with van der Waals surface area (Å²) in [5, 5.41) is 4.10. The molecule has 1 fully saturated rings. The molecule has 1 aliphatic heterocycles. The fourth-order valence-electron chi connectivity index (χ4n) is 5.63. The number of ether oxygens (including phenoxy) is 1. The van der Waals surface area contributed by atoms with Gasteiger partial charge in [0.15, 0.2) is 5.82 Å². The number of fused-ring (bicyclic) bond motifs is 3. The summed E-state index contributed by atoms with van der Waals surface area (Å²) >= 11 is 0. The summed E-state index contributed by atoms with van der Waals surface area (Å²) in [6.45, 7) is 3.39. The minimum atomic E-state index is -0.539. The van der Waals surface area contributed by atoms with Crippen LogP contribution in [0.4, 0.5) is 0 Å². The Labute approximate surface area is 219 Å². The Kier molecular flexibility index (Phi) is 5.50. The van der Waals surface area contributed by atoms with Crippen molar-refractivity contribution in [1.82, 2.24) is 19.7 Å². The average molecular weight is 505 g/mol. The zero-order valence-electron chi connectivity index (χ0n) is 21.2. The lowest BCUT2D eigenvalue weighted by molar-refractivity contribution is 0.307. The van der Waals surface area contributed by atoms with E-state index in [0.717, 1.165) is 82.7 Å². The first-order valence-corrected chi connectivity index (χ1v) is 13.3. The minimum absolute atomic E-state index is 0.318. The number of benzene rings is 3. The number of hydrogen-bond acceptors (Lipinski definition) is 5. The van der Waals surface area contributed by atoms with E-state index in [1.165, 1.54) is 5.56 Å². The molecule has 190 valence electrons. The molecule has 0 spiro atoms. The molecule has 0 unspecified atom stereocenters. The van der Waals surface area contributed by atoms with Crippen LogP contribution in [0.25, 0.3) is 22.2 Å². The summed E-state index contributed by atoms with van der Waals surface area (Å²) < 4.78 is 13.6. The SMILES string of the molecule is CCCc1nc2ccccc2n1Cc1ccc2c(c1)COc1ccccc1C2=C(c1noc(=O)[nH]1)C1CC1. The second-order valence-electron chi connectivity index (χ2n) is 10.1. The molecule has 1 saturated carbocycles. The highest BCUT2D eigenvalue weighted by Crippen LogP contribution is 2.49. The number of nitrogens with zero attached hydrogens (tertiary/aromatic N) is 3. The van der Waals surface area contributed by atoms with Gasteiger partial charge in [-0.05, 0) is 66.1 Å². The topological polar surface area (TPSA) is 85.9 Å². The molecule has 5 aromatic rings. The first-order chi connectivity index (χ1) is 18.7. The second-order valence-corrected chi connectivity index (χ2v) is 10.1. The minimum Gasteiger partial charge on any atom is -0.488 e. The molecular weight excluding hydrogens is 476 g/mol. The van der Waals surface area contributed by atoms with E-state index in [2.05, 4.69) is 64.1 Å². The molecule has 3 heterocycles. The Balaban J connectivity index is 1.38. The fraction of sp³-hybridized carbons (Fsp3) is 0.258. The maximum Gasteiger partial charge on any atom is 0.439 e. The predicted octanol–water partition coefficient (Wildman–Crippen LogP) is 5.97. The molecule has 38 heavy (non-hydrogen) atoms. The van der Waals surface area contributed by atoms with Crippen LogP contribution in [0, 0.1) is 5.92 Å². The molecule has 2 aliphatic rings. The van der Waals surface area contributed by atoms with Crippen molar-refractivity contribution >= 4 is 22.2 Å². The number of H-pyrrole nitrogens is 1. The van der Waals surface area contributed by atoms with Gasteiger partial charge in [-0.1, -0.05) is 54.5 Å². The van der Waals surface area contributed by atoms with Crippen molar-refractivity contribution in [3.63, 3.8) is 0 Å². The number of aryl methyl sites for hydroxylation is 1. The largest absolute Gasteiger partial charge is 0.488 e. The average Bonchev–Trinajstić information content (AvgIpc) is 3.63. The Morgan fingerprint density at radius 3 is 2.71 bits per heavy atom. The molecule has 1 aliphatic carbocycles. The molecule has 7 heteroatoms. The predicted molar refractivity (Wildman–Crippen MR) is 146 cm³/mol. The zero-order valence-corrected chi connectivity index (χ0v) is 21.2. The van der Waals surface area contributed by atoms with Gasteiger partial charge in [-0.25, -0.2) is 9.78 Å². The molecule has 3 aromatic carbocycles. The quantitative estimate of drug-likeness (QED) is 0.308. The van der Waals surface area contributed by atoms with Gasteiger partial charge in [0.2, 0.25) is 0 Å². The Morgan fingerprint density at radius 2 is 1.89 bits per heavy atom. The van der Waals surface area contributed by atoms with E-state index in [1.807, 2.05) is 24.3 Å². The summed E-state index contributed by atoms with van der Waals surface area (Å²) in [6, 6.07) is 23.1. The third-order valence-electron chi connectivity index (χ3n) is 7.48. The third-order valence-corrected chi connectivity index (χ3v) is 7.48. The lowest BCUT2D eigenvalue weighted by atomic mass is 9.87. The number of aromatic amines is 1. The van der Waals surface area contributed by atoms with E-state index in [4.69, 9.17) is 14.2 Å². The summed E-state index contributed by atoms with van der Waals surface area (Å²) in [6.07, 6.45) is 4.09. The maximum absolute atomic E-state index is 11.9. The molecule has 0 radical (unpaired) electrons. The lowest BCUT2D eigenvalue weighted by Crippen LogP contribution is -2.07. The molecule has 0 saturated heterocycles. The number of nitrogens with one attached hydrogen (secondary N) is 1. The highest BCUT2D eigenvalue weighted by molar-refractivity contribution is 6.01. The fourth-order valence-corrected chi connectivity index (χ4v) is 5.63. The molecule has 2 aromatic heterocycles. The molecule has 7 rings (SSSR count). The van der Waals surface area contributed by atoms with Crippen molar-refractivity contribution in [2.45, 2.75) is 45.8 Å². The standard InChI is InChI=1S/C31H28N4O3/c1-2-7-27-32-24-9-4-5-10-25(24)35(27)17-19-12-15-22-21(16-19)18-37-26-11-6-3-8-23(26)29(22)28(20-13-14-20)30-33-31(36)38-34-30/h3-6,8-12,15-16,20H,2,7,13-14,17-18H2,1H3,(H,33,34,36). The van der Waals surface area contributed by atoms with E-state index >= 15 is 0 Å². The first kappa shape index (κ1) is 22.8. The molecule has 0 amide bonds. The maximum atomic E-state index is 11.9. The molecule has 0 atom stereocenters. The van der Waals surface area contributed by atoms with Gasteiger partial charge < -0.3 is 9.30 Å². The highest BCUT2D eigenvalue weighted by Gasteiger charge is 2.35. The van der Waals surface area contributed by atoms with Gasteiger partial charge in [0.25, 0.3) is 0 Å². The van der Waals surface area contributed by atoms with Gasteiger partial charge in [0, 0.05) is 29.7 Å². The van der Waals surface area contributed by atoms with Crippen LogP contribution in [0.2, 0.25) is 0 Å². The van der Waals surface area contributed by atoms with Crippen LogP contribution in [0.1, 0.15) is 60.1 Å². The van der Waals surface area contributed by atoms with Gasteiger partial charge >= 0.3 is 5.76 Å². The number of rotatable bonds is 6. The van der Waals surface area contributed by atoms with Crippen LogP contribution in [0.3, 0.4) is 0 Å². The van der Waals surface area contributed by atoms with E-state index in [-0.39, 0.29) is 0 Å². The van der Waals surface area contributed by atoms with Crippen LogP contribution in [0.15, 0.2) is 76.0 Å².